The van der Waals surface area contributed by atoms with E-state index in [9.17, 15) is 4.79 Å². The number of hydrogen-bond donors (Lipinski definition) is 1. The maximum Gasteiger partial charge on any atom is 0.334 e. The molecule has 0 radical (unpaired) electrons. The summed E-state index contributed by atoms with van der Waals surface area (Å²) in [7, 11) is 0. The number of carboxylic acids is 1. The van der Waals surface area contributed by atoms with E-state index < -0.39 is 12.1 Å². The second kappa shape index (κ2) is 5.29. The molecule has 17 heavy (non-hydrogen) atoms. The summed E-state index contributed by atoms with van der Waals surface area (Å²) in [6.07, 6.45) is 1.08. The van der Waals surface area contributed by atoms with Crippen molar-refractivity contribution in [3.05, 3.63) is 18.0 Å². The van der Waals surface area contributed by atoms with Crippen LogP contribution in [0.15, 0.2) is 12.3 Å². The number of carboxylic acid groups (broad SMARTS) is 1. The average Bonchev–Trinajstić information content (AvgIpc) is 2.72. The van der Waals surface area contributed by atoms with E-state index in [0.717, 1.165) is 25.3 Å². The Morgan fingerprint density at radius 2 is 2.47 bits per heavy atom. The van der Waals surface area contributed by atoms with Gasteiger partial charge in [-0.3, -0.25) is 9.58 Å². The minimum atomic E-state index is -0.884. The van der Waals surface area contributed by atoms with Crippen molar-refractivity contribution in [3.8, 4) is 0 Å². The van der Waals surface area contributed by atoms with Gasteiger partial charge in [0.15, 0.2) is 6.10 Å². The molecule has 1 aliphatic rings. The van der Waals surface area contributed by atoms with E-state index in [-0.39, 0.29) is 0 Å². The Balaban J connectivity index is 1.83. The van der Waals surface area contributed by atoms with Crippen molar-refractivity contribution in [1.82, 2.24) is 14.7 Å². The van der Waals surface area contributed by atoms with Crippen molar-refractivity contribution >= 4 is 5.97 Å². The lowest BCUT2D eigenvalue weighted by atomic mass is 10.2. The van der Waals surface area contributed by atoms with Crippen LogP contribution in [0.4, 0.5) is 0 Å². The van der Waals surface area contributed by atoms with Gasteiger partial charge in [-0.25, -0.2) is 4.79 Å². The molecule has 1 aliphatic heterocycles. The van der Waals surface area contributed by atoms with Crippen LogP contribution in [0.5, 0.6) is 0 Å². The average molecular weight is 239 g/mol. The van der Waals surface area contributed by atoms with E-state index in [1.165, 1.54) is 0 Å². The summed E-state index contributed by atoms with van der Waals surface area (Å²) in [4.78, 5) is 12.9. The molecule has 94 valence electrons. The number of ether oxygens (including phenoxy) is 1. The molecule has 1 aromatic heterocycles. The molecule has 6 nitrogen and oxygen atoms in total. The van der Waals surface area contributed by atoms with E-state index in [4.69, 9.17) is 9.84 Å². The largest absolute Gasteiger partial charge is 0.479 e. The second-order valence-corrected chi connectivity index (χ2v) is 4.19. The number of morpholine rings is 1. The Morgan fingerprint density at radius 3 is 3.12 bits per heavy atom. The minimum absolute atomic E-state index is 0.454. The van der Waals surface area contributed by atoms with Crippen LogP contribution in [0.2, 0.25) is 0 Å². The van der Waals surface area contributed by atoms with Crippen LogP contribution < -0.4 is 0 Å². The summed E-state index contributed by atoms with van der Waals surface area (Å²) < 4.78 is 7.09. The van der Waals surface area contributed by atoms with Crippen molar-refractivity contribution in [2.45, 2.75) is 19.6 Å². The molecule has 6 heteroatoms. The first kappa shape index (κ1) is 12.1. The fourth-order valence-corrected chi connectivity index (χ4v) is 1.92. The molecule has 0 spiro atoms. The molecule has 2 heterocycles. The maximum absolute atomic E-state index is 10.8. The summed E-state index contributed by atoms with van der Waals surface area (Å²) in [5.74, 6) is -0.884. The Bertz CT molecular complexity index is 391. The fraction of sp³-hybridized carbons (Fsp3) is 0.636. The third-order valence-corrected chi connectivity index (χ3v) is 2.98. The Kier molecular flexibility index (Phi) is 3.75. The Hall–Kier alpha value is -1.40. The van der Waals surface area contributed by atoms with Crippen LogP contribution in [-0.2, 0) is 16.1 Å². The van der Waals surface area contributed by atoms with Crippen molar-refractivity contribution < 1.29 is 14.6 Å². The lowest BCUT2D eigenvalue weighted by Crippen LogP contribution is -2.47. The van der Waals surface area contributed by atoms with Gasteiger partial charge in [-0.15, -0.1) is 0 Å². The first-order chi connectivity index (χ1) is 8.16. The Labute approximate surface area is 99.8 Å². The molecule has 1 aromatic rings. The molecule has 1 saturated heterocycles. The van der Waals surface area contributed by atoms with Crippen LogP contribution >= 0.6 is 0 Å². The monoisotopic (exact) mass is 239 g/mol. The number of nitrogens with zero attached hydrogens (tertiary/aromatic N) is 3. The molecule has 2 rings (SSSR count). The van der Waals surface area contributed by atoms with Crippen LogP contribution in [0.3, 0.4) is 0 Å². The lowest BCUT2D eigenvalue weighted by Gasteiger charge is -2.30. The van der Waals surface area contributed by atoms with Gasteiger partial charge >= 0.3 is 5.97 Å². The summed E-state index contributed by atoms with van der Waals surface area (Å²) in [6.45, 7) is 5.31. The van der Waals surface area contributed by atoms with Crippen molar-refractivity contribution in [3.63, 3.8) is 0 Å². The third-order valence-electron chi connectivity index (χ3n) is 2.98. The third kappa shape index (κ3) is 3.04. The highest BCUT2D eigenvalue weighted by Gasteiger charge is 2.25. The number of aliphatic carboxylic acids is 1. The number of carbonyl (C=O) groups is 1. The smallest absolute Gasteiger partial charge is 0.334 e. The molecule has 0 aliphatic carbocycles. The lowest BCUT2D eigenvalue weighted by molar-refractivity contribution is -0.156. The van der Waals surface area contributed by atoms with Crippen LogP contribution in [-0.4, -0.2) is 58.1 Å². The molecule has 1 atom stereocenters. The van der Waals surface area contributed by atoms with Gasteiger partial charge in [0.2, 0.25) is 0 Å². The van der Waals surface area contributed by atoms with E-state index >= 15 is 0 Å². The molecule has 1 N–H and O–H groups in total. The van der Waals surface area contributed by atoms with Crippen LogP contribution in [0.1, 0.15) is 5.69 Å². The summed E-state index contributed by atoms with van der Waals surface area (Å²) in [5.41, 5.74) is 1.12. The highest BCUT2D eigenvalue weighted by Crippen LogP contribution is 2.06. The SMILES string of the molecule is Cc1ccnn1CCN1CCOC(C(=O)O)C1. The predicted octanol–water partition coefficient (Wildman–Crippen LogP) is -0.0231. The van der Waals surface area contributed by atoms with E-state index in [2.05, 4.69) is 10.00 Å². The molecule has 1 unspecified atom stereocenters. The first-order valence-electron chi connectivity index (χ1n) is 5.72. The van der Waals surface area contributed by atoms with E-state index in [1.54, 1.807) is 6.20 Å². The molecule has 0 aromatic carbocycles. The second-order valence-electron chi connectivity index (χ2n) is 4.19. The molecule has 0 saturated carbocycles. The zero-order valence-electron chi connectivity index (χ0n) is 9.87. The van der Waals surface area contributed by atoms with Gasteiger partial charge in [-0.1, -0.05) is 0 Å². The minimum Gasteiger partial charge on any atom is -0.479 e. The standard InChI is InChI=1S/C11H17N3O3/c1-9-2-3-12-14(9)5-4-13-6-7-17-10(8-13)11(15)16/h2-3,10H,4-8H2,1H3,(H,15,16). The van der Waals surface area contributed by atoms with Gasteiger partial charge in [0.25, 0.3) is 0 Å². The topological polar surface area (TPSA) is 67.6 Å². The van der Waals surface area contributed by atoms with Gasteiger partial charge < -0.3 is 9.84 Å². The Morgan fingerprint density at radius 1 is 1.65 bits per heavy atom. The van der Waals surface area contributed by atoms with Gasteiger partial charge in [0.1, 0.15) is 0 Å². The van der Waals surface area contributed by atoms with Gasteiger partial charge in [-0.05, 0) is 13.0 Å². The van der Waals surface area contributed by atoms with Crippen LogP contribution in [0, 0.1) is 6.92 Å². The molecular weight excluding hydrogens is 222 g/mol. The summed E-state index contributed by atoms with van der Waals surface area (Å²) in [6, 6.07) is 1.96. The number of aryl methyl sites for hydroxylation is 1. The molecule has 0 bridgehead atoms. The highest BCUT2D eigenvalue weighted by molar-refractivity contribution is 5.72. The highest BCUT2D eigenvalue weighted by atomic mass is 16.5. The summed E-state index contributed by atoms with van der Waals surface area (Å²) >= 11 is 0. The molecule has 0 amide bonds. The number of rotatable bonds is 4. The first-order valence-corrected chi connectivity index (χ1v) is 5.72. The quantitative estimate of drug-likeness (QED) is 0.799. The zero-order valence-corrected chi connectivity index (χ0v) is 9.87. The number of aromatic nitrogens is 2. The van der Waals surface area contributed by atoms with Crippen molar-refractivity contribution in [1.29, 1.82) is 0 Å². The normalized spacial score (nSPS) is 21.6. The molecule has 1 fully saturated rings. The van der Waals surface area contributed by atoms with Crippen LogP contribution in [0.25, 0.3) is 0 Å². The van der Waals surface area contributed by atoms with E-state index in [1.807, 2.05) is 17.7 Å². The van der Waals surface area contributed by atoms with Gasteiger partial charge in [-0.2, -0.15) is 5.10 Å². The van der Waals surface area contributed by atoms with Crippen molar-refractivity contribution in [2.24, 2.45) is 0 Å². The maximum atomic E-state index is 10.8. The van der Waals surface area contributed by atoms with Gasteiger partial charge in [0, 0.05) is 31.5 Å². The fourth-order valence-electron chi connectivity index (χ4n) is 1.92. The molecular formula is C11H17N3O3. The zero-order chi connectivity index (χ0) is 12.3. The van der Waals surface area contributed by atoms with E-state index in [0.29, 0.717) is 13.2 Å². The van der Waals surface area contributed by atoms with Crippen molar-refractivity contribution in [2.75, 3.05) is 26.2 Å². The number of hydrogen-bond acceptors (Lipinski definition) is 4. The predicted molar refractivity (Wildman–Crippen MR) is 60.8 cm³/mol. The summed E-state index contributed by atoms with van der Waals surface area (Å²) in [5, 5.41) is 13.1. The van der Waals surface area contributed by atoms with Gasteiger partial charge in [0.05, 0.1) is 13.2 Å².